The molecule has 0 saturated carbocycles. The van der Waals surface area contributed by atoms with E-state index in [0.717, 1.165) is 6.21 Å². The van der Waals surface area contributed by atoms with Gasteiger partial charge in [-0.3, -0.25) is 9.79 Å². The molecule has 0 aromatic heterocycles. The number of carbonyl (C=O) groups excluding carboxylic acids is 1. The maximum Gasteiger partial charge on any atom is 0.450 e. The van der Waals surface area contributed by atoms with Gasteiger partial charge in [-0.15, -0.1) is 0 Å². The lowest BCUT2D eigenvalue weighted by atomic mass is 10.3. The molecule has 0 aliphatic carbocycles. The van der Waals surface area contributed by atoms with Crippen LogP contribution in [0.5, 0.6) is 0 Å². The predicted octanol–water partition coefficient (Wildman–Crippen LogP) is -0.711. The van der Waals surface area contributed by atoms with E-state index in [-0.39, 0.29) is 0 Å². The molecule has 0 spiro atoms. The molecule has 2 nitrogen and oxygen atoms in total. The van der Waals surface area contributed by atoms with Crippen LogP contribution in [0.1, 0.15) is 6.42 Å². The summed E-state index contributed by atoms with van der Waals surface area (Å²) in [6, 6.07) is 0. The summed E-state index contributed by atoms with van der Waals surface area (Å²) in [5.41, 5.74) is 0. The normalized spacial score (nSPS) is 12.4. The molecule has 5 heteroatoms. The molecule has 0 fully saturated rings. The van der Waals surface area contributed by atoms with Gasteiger partial charge in [0.05, 0.1) is 6.42 Å². The predicted molar refractivity (Wildman–Crippen MR) is 28.6 cm³/mol. The molecule has 0 rings (SSSR count). The summed E-state index contributed by atoms with van der Waals surface area (Å²) in [5, 5.41) is 0. The van der Waals surface area contributed by atoms with Gasteiger partial charge in [0.25, 0.3) is 0 Å². The molecule has 0 saturated heterocycles. The second kappa shape index (κ2) is 3.34. The summed E-state index contributed by atoms with van der Waals surface area (Å²) in [4.78, 5) is 12.4. The molecule has 0 unspecified atom stereocenters. The minimum Gasteiger partial charge on any atom is -0.289 e. The summed E-state index contributed by atoms with van der Waals surface area (Å²) >= 11 is 0. The average molecular weight is 154 g/mol. The Morgan fingerprint density at radius 2 is 2.10 bits per heavy atom. The Morgan fingerprint density at radius 3 is 2.40 bits per heavy atom. The topological polar surface area (TPSA) is 31.0 Å². The highest BCUT2D eigenvalue weighted by atomic mass is 19.4. The SMILES string of the molecule is C[NH+]=CCC(=O)C(F)(F)F. The summed E-state index contributed by atoms with van der Waals surface area (Å²) in [7, 11) is 1.43. The number of alkyl halides is 3. The number of Topliss-reactive ketones (excluding diaryl/α,β-unsaturated/α-hetero) is 1. The van der Waals surface area contributed by atoms with Crippen LogP contribution in [0, 0.1) is 0 Å². The molecule has 58 valence electrons. The van der Waals surface area contributed by atoms with Crippen LogP contribution in [-0.2, 0) is 4.79 Å². The third kappa shape index (κ3) is 3.21. The van der Waals surface area contributed by atoms with Crippen LogP contribution in [0.3, 0.4) is 0 Å². The highest BCUT2D eigenvalue weighted by Gasteiger charge is 2.37. The van der Waals surface area contributed by atoms with Crippen LogP contribution in [-0.4, -0.2) is 25.2 Å². The second-order valence-corrected chi connectivity index (χ2v) is 1.62. The van der Waals surface area contributed by atoms with Crippen molar-refractivity contribution in [1.29, 1.82) is 0 Å². The van der Waals surface area contributed by atoms with Gasteiger partial charge < -0.3 is 0 Å². The van der Waals surface area contributed by atoms with Gasteiger partial charge in [-0.25, -0.2) is 0 Å². The van der Waals surface area contributed by atoms with Gasteiger partial charge in [0.1, 0.15) is 13.3 Å². The molecule has 1 N–H and O–H groups in total. The van der Waals surface area contributed by atoms with E-state index in [1.54, 1.807) is 0 Å². The fraction of sp³-hybridized carbons (Fsp3) is 0.600. The van der Waals surface area contributed by atoms with Gasteiger partial charge in [0.15, 0.2) is 0 Å². The number of carbonyl (C=O) groups is 1. The first-order valence-electron chi connectivity index (χ1n) is 2.57. The number of ketones is 1. The molecule has 0 atom stereocenters. The minimum absolute atomic E-state index is 0.611. The van der Waals surface area contributed by atoms with Crippen molar-refractivity contribution in [1.82, 2.24) is 0 Å². The van der Waals surface area contributed by atoms with Gasteiger partial charge in [-0.05, 0) is 0 Å². The quantitative estimate of drug-likeness (QED) is 0.523. The van der Waals surface area contributed by atoms with Crippen LogP contribution in [0.4, 0.5) is 13.2 Å². The lowest BCUT2D eigenvalue weighted by Crippen LogP contribution is -2.63. The van der Waals surface area contributed by atoms with Gasteiger partial charge in [0, 0.05) is 0 Å². The van der Waals surface area contributed by atoms with E-state index in [9.17, 15) is 18.0 Å². The number of rotatable bonds is 2. The van der Waals surface area contributed by atoms with Crippen molar-refractivity contribution in [3.8, 4) is 0 Å². The molecule has 0 radical (unpaired) electrons. The molecular weight excluding hydrogens is 147 g/mol. The first-order chi connectivity index (χ1) is 4.48. The fourth-order valence-corrected chi connectivity index (χ4v) is 0.310. The second-order valence-electron chi connectivity index (χ2n) is 1.62. The van der Waals surface area contributed by atoms with Crippen molar-refractivity contribution in [3.05, 3.63) is 0 Å². The van der Waals surface area contributed by atoms with Crippen molar-refractivity contribution in [2.24, 2.45) is 0 Å². The zero-order valence-electron chi connectivity index (χ0n) is 5.33. The Balaban J connectivity index is 3.86. The largest absolute Gasteiger partial charge is 0.450 e. The lowest BCUT2D eigenvalue weighted by molar-refractivity contribution is -0.415. The third-order valence-electron chi connectivity index (χ3n) is 0.808. The molecular formula is C5H7F3NO+. The fourth-order valence-electron chi connectivity index (χ4n) is 0.310. The Hall–Kier alpha value is -0.870. The molecule has 0 aromatic rings. The monoisotopic (exact) mass is 154 g/mol. The van der Waals surface area contributed by atoms with E-state index < -0.39 is 18.4 Å². The van der Waals surface area contributed by atoms with Gasteiger partial charge >= 0.3 is 6.18 Å². The maximum atomic E-state index is 11.4. The van der Waals surface area contributed by atoms with Crippen LogP contribution in [0.15, 0.2) is 0 Å². The van der Waals surface area contributed by atoms with Crippen molar-refractivity contribution < 1.29 is 23.0 Å². The summed E-state index contributed by atoms with van der Waals surface area (Å²) in [5.74, 6) is -1.73. The molecule has 0 aliphatic heterocycles. The van der Waals surface area contributed by atoms with E-state index in [2.05, 4.69) is 4.99 Å². The van der Waals surface area contributed by atoms with Crippen molar-refractivity contribution >= 4 is 12.0 Å². The Bertz CT molecular complexity index is 149. The Labute approximate surface area is 55.8 Å². The van der Waals surface area contributed by atoms with Crippen LogP contribution < -0.4 is 4.99 Å². The van der Waals surface area contributed by atoms with Gasteiger partial charge in [-0.2, -0.15) is 13.2 Å². The Morgan fingerprint density at radius 1 is 1.60 bits per heavy atom. The van der Waals surface area contributed by atoms with E-state index >= 15 is 0 Å². The number of hydrogen-bond donors (Lipinski definition) is 1. The van der Waals surface area contributed by atoms with E-state index in [1.807, 2.05) is 0 Å². The van der Waals surface area contributed by atoms with E-state index in [1.165, 1.54) is 7.05 Å². The molecule has 0 bridgehead atoms. The van der Waals surface area contributed by atoms with Gasteiger partial charge in [0.2, 0.25) is 5.78 Å². The number of hydrogen-bond acceptors (Lipinski definition) is 1. The average Bonchev–Trinajstić information content (AvgIpc) is 1.80. The summed E-state index contributed by atoms with van der Waals surface area (Å²) in [6.45, 7) is 0. The number of nitrogens with one attached hydrogen (secondary N) is 1. The number of halogens is 3. The first-order valence-corrected chi connectivity index (χ1v) is 2.57. The zero-order chi connectivity index (χ0) is 8.20. The zero-order valence-corrected chi connectivity index (χ0v) is 5.33. The molecule has 0 amide bonds. The highest BCUT2D eigenvalue weighted by molar-refractivity contribution is 5.93. The molecule has 0 aliphatic rings. The van der Waals surface area contributed by atoms with Crippen molar-refractivity contribution in [3.63, 3.8) is 0 Å². The smallest absolute Gasteiger partial charge is 0.289 e. The van der Waals surface area contributed by atoms with Crippen molar-refractivity contribution in [2.75, 3.05) is 7.05 Å². The minimum atomic E-state index is -4.70. The highest BCUT2D eigenvalue weighted by Crippen LogP contribution is 2.16. The molecule has 0 aromatic carbocycles. The first kappa shape index (κ1) is 9.13. The van der Waals surface area contributed by atoms with Crippen LogP contribution >= 0.6 is 0 Å². The molecule has 10 heavy (non-hydrogen) atoms. The maximum absolute atomic E-state index is 11.4. The summed E-state index contributed by atoms with van der Waals surface area (Å²) in [6.07, 6.45) is -4.26. The van der Waals surface area contributed by atoms with Crippen LogP contribution in [0.2, 0.25) is 0 Å². The van der Waals surface area contributed by atoms with Gasteiger partial charge in [-0.1, -0.05) is 0 Å². The van der Waals surface area contributed by atoms with Crippen molar-refractivity contribution in [2.45, 2.75) is 12.6 Å². The van der Waals surface area contributed by atoms with Crippen LogP contribution in [0.25, 0.3) is 0 Å². The summed E-state index contributed by atoms with van der Waals surface area (Å²) < 4.78 is 34.1. The standard InChI is InChI=1S/C5H6F3NO/c1-9-3-2-4(10)5(6,7)8/h3H,2H2,1H3/p+1. The Kier molecular flexibility index (Phi) is 3.05. The molecule has 0 heterocycles. The lowest BCUT2D eigenvalue weighted by Gasteiger charge is -1.98. The van der Waals surface area contributed by atoms with E-state index in [4.69, 9.17) is 0 Å². The van der Waals surface area contributed by atoms with E-state index in [0.29, 0.717) is 0 Å². The third-order valence-corrected chi connectivity index (χ3v) is 0.808.